The number of rotatable bonds is 7. The van der Waals surface area contributed by atoms with E-state index in [1.54, 1.807) is 48.5 Å². The van der Waals surface area contributed by atoms with Crippen LogP contribution in [0.3, 0.4) is 0 Å². The van der Waals surface area contributed by atoms with Gasteiger partial charge in [0.25, 0.3) is 11.5 Å². The lowest BCUT2D eigenvalue weighted by molar-refractivity contribution is 0.0467. The average Bonchev–Trinajstić information content (AvgIpc) is 3.22. The van der Waals surface area contributed by atoms with Gasteiger partial charge in [-0.15, -0.1) is 0 Å². The third-order valence-corrected chi connectivity index (χ3v) is 5.54. The molecule has 0 spiro atoms. The summed E-state index contributed by atoms with van der Waals surface area (Å²) in [4.78, 5) is 41.7. The lowest BCUT2D eigenvalue weighted by atomic mass is 10.2. The highest BCUT2D eigenvalue weighted by atomic mass is 32.1. The predicted octanol–water partition coefficient (Wildman–Crippen LogP) is 3.71. The quantitative estimate of drug-likeness (QED) is 0.433. The monoisotopic (exact) mass is 448 g/mol. The fourth-order valence-corrected chi connectivity index (χ4v) is 4.01. The molecule has 1 N–H and O–H groups in total. The minimum atomic E-state index is -0.552. The topological polar surface area (TPSA) is 103 Å². The zero-order valence-corrected chi connectivity index (χ0v) is 18.1. The van der Waals surface area contributed by atoms with E-state index in [9.17, 15) is 14.4 Å². The first-order valence-corrected chi connectivity index (χ1v) is 10.9. The molecule has 0 aliphatic carbocycles. The summed E-state index contributed by atoms with van der Waals surface area (Å²) in [6.45, 7) is 1.91. The van der Waals surface area contributed by atoms with Crippen molar-refractivity contribution in [3.63, 3.8) is 0 Å². The lowest BCUT2D eigenvalue weighted by Crippen LogP contribution is -2.16. The van der Waals surface area contributed by atoms with Crippen molar-refractivity contribution in [3.8, 4) is 0 Å². The fourth-order valence-electron chi connectivity index (χ4n) is 2.99. The zero-order chi connectivity index (χ0) is 22.5. The number of ether oxygens (including phenoxy) is 1. The number of hydrogen-bond acceptors (Lipinski definition) is 7. The Morgan fingerprint density at radius 1 is 1.06 bits per heavy atom. The molecule has 0 aliphatic heterocycles. The van der Waals surface area contributed by atoms with Crippen molar-refractivity contribution < 1.29 is 14.3 Å². The maximum absolute atomic E-state index is 12.4. The molecule has 2 heterocycles. The van der Waals surface area contributed by atoms with Crippen LogP contribution in [0.1, 0.15) is 44.8 Å². The highest BCUT2D eigenvalue weighted by Crippen LogP contribution is 2.15. The Morgan fingerprint density at radius 2 is 1.81 bits per heavy atom. The Balaban J connectivity index is 1.39. The van der Waals surface area contributed by atoms with Gasteiger partial charge < -0.3 is 10.1 Å². The fraction of sp³-hybridized carbons (Fsp3) is 0.174. The van der Waals surface area contributed by atoms with E-state index in [4.69, 9.17) is 4.74 Å². The Kier molecular flexibility index (Phi) is 6.37. The highest BCUT2D eigenvalue weighted by Gasteiger charge is 2.12. The number of benzene rings is 2. The Labute approximate surface area is 187 Å². The van der Waals surface area contributed by atoms with E-state index in [1.165, 1.54) is 21.9 Å². The van der Waals surface area contributed by atoms with Crippen LogP contribution in [0.15, 0.2) is 65.5 Å². The van der Waals surface area contributed by atoms with Gasteiger partial charge in [0.05, 0.1) is 11.3 Å². The van der Waals surface area contributed by atoms with Crippen LogP contribution in [0.2, 0.25) is 0 Å². The van der Waals surface area contributed by atoms with E-state index in [2.05, 4.69) is 15.4 Å². The molecule has 2 aromatic carbocycles. The van der Waals surface area contributed by atoms with Gasteiger partial charge in [-0.1, -0.05) is 36.5 Å². The molecule has 0 radical (unpaired) electrons. The number of amides is 1. The molecule has 0 fully saturated rings. The van der Waals surface area contributed by atoms with E-state index in [0.717, 1.165) is 17.8 Å². The number of aromatic nitrogens is 3. The van der Waals surface area contributed by atoms with Crippen molar-refractivity contribution in [2.75, 3.05) is 5.32 Å². The van der Waals surface area contributed by atoms with Crippen molar-refractivity contribution in [2.45, 2.75) is 26.4 Å². The van der Waals surface area contributed by atoms with Crippen molar-refractivity contribution in [3.05, 3.63) is 92.8 Å². The number of nitrogens with zero attached hydrogens (tertiary/aromatic N) is 3. The van der Waals surface area contributed by atoms with Crippen molar-refractivity contribution >= 4 is 33.9 Å². The van der Waals surface area contributed by atoms with Crippen LogP contribution in [-0.4, -0.2) is 26.5 Å². The van der Waals surface area contributed by atoms with E-state index in [-0.39, 0.29) is 18.1 Å². The van der Waals surface area contributed by atoms with Gasteiger partial charge in [-0.25, -0.2) is 9.78 Å². The van der Waals surface area contributed by atoms with Gasteiger partial charge >= 0.3 is 5.97 Å². The molecule has 4 aromatic rings. The molecule has 9 heteroatoms. The number of esters is 1. The normalized spacial score (nSPS) is 10.8. The summed E-state index contributed by atoms with van der Waals surface area (Å²) in [6, 6.07) is 16.5. The summed E-state index contributed by atoms with van der Waals surface area (Å²) >= 11 is 1.35. The smallest absolute Gasteiger partial charge is 0.338 e. The molecule has 4 rings (SSSR count). The first-order valence-electron chi connectivity index (χ1n) is 10.1. The summed E-state index contributed by atoms with van der Waals surface area (Å²) < 4.78 is 6.58. The van der Waals surface area contributed by atoms with Gasteiger partial charge in [-0.3, -0.25) is 9.59 Å². The maximum atomic E-state index is 12.4. The first kappa shape index (κ1) is 21.4. The van der Waals surface area contributed by atoms with Crippen LogP contribution >= 0.6 is 11.3 Å². The van der Waals surface area contributed by atoms with Crippen LogP contribution in [0.25, 0.3) is 4.96 Å². The number of aryl methyl sites for hydroxylation is 1. The largest absolute Gasteiger partial charge is 0.456 e. The van der Waals surface area contributed by atoms with E-state index in [0.29, 0.717) is 27.5 Å². The second-order valence-corrected chi connectivity index (χ2v) is 8.04. The number of fused-ring (bicyclic) bond motifs is 1. The Hall–Kier alpha value is -3.85. The minimum absolute atomic E-state index is 0.127. The average molecular weight is 449 g/mol. The van der Waals surface area contributed by atoms with Crippen LogP contribution in [0.5, 0.6) is 0 Å². The molecular weight excluding hydrogens is 428 g/mol. The highest BCUT2D eigenvalue weighted by molar-refractivity contribution is 7.16. The number of carbonyl (C=O) groups excluding carboxylic acids is 2. The molecule has 8 nitrogen and oxygen atoms in total. The zero-order valence-electron chi connectivity index (χ0n) is 17.3. The summed E-state index contributed by atoms with van der Waals surface area (Å²) in [5, 5.41) is 7.87. The number of anilines is 1. The second-order valence-electron chi connectivity index (χ2n) is 7.00. The summed E-state index contributed by atoms with van der Waals surface area (Å²) in [6.07, 6.45) is 1.70. The molecule has 162 valence electrons. The van der Waals surface area contributed by atoms with E-state index < -0.39 is 5.97 Å². The molecule has 0 bridgehead atoms. The van der Waals surface area contributed by atoms with E-state index in [1.807, 2.05) is 13.0 Å². The van der Waals surface area contributed by atoms with Crippen LogP contribution in [0, 0.1) is 0 Å². The van der Waals surface area contributed by atoms with Crippen molar-refractivity contribution in [1.82, 2.24) is 14.6 Å². The molecular formula is C23H20N4O4S. The molecule has 0 saturated heterocycles. The predicted molar refractivity (Wildman–Crippen MR) is 121 cm³/mol. The van der Waals surface area contributed by atoms with Gasteiger partial charge in [0.1, 0.15) is 11.6 Å². The summed E-state index contributed by atoms with van der Waals surface area (Å²) in [7, 11) is 0. The van der Waals surface area contributed by atoms with Gasteiger partial charge in [0.2, 0.25) is 4.96 Å². The first-order chi connectivity index (χ1) is 15.5. The van der Waals surface area contributed by atoms with Crippen LogP contribution in [0.4, 0.5) is 5.69 Å². The van der Waals surface area contributed by atoms with Gasteiger partial charge in [0, 0.05) is 23.7 Å². The van der Waals surface area contributed by atoms with Gasteiger partial charge in [-0.05, 0) is 42.8 Å². The Bertz CT molecular complexity index is 1310. The molecule has 0 aliphatic rings. The summed E-state index contributed by atoms with van der Waals surface area (Å²) in [5.41, 5.74) is 1.48. The molecule has 32 heavy (non-hydrogen) atoms. The SMILES string of the molecule is CCCc1nn2c(=O)cc(COC(=O)c3ccc(NC(=O)c4ccccc4)cc3)nc2s1. The second kappa shape index (κ2) is 9.52. The van der Waals surface area contributed by atoms with Gasteiger partial charge in [-0.2, -0.15) is 9.61 Å². The van der Waals surface area contributed by atoms with E-state index >= 15 is 0 Å². The molecule has 1 amide bonds. The Morgan fingerprint density at radius 3 is 2.53 bits per heavy atom. The molecule has 0 atom stereocenters. The summed E-state index contributed by atoms with van der Waals surface area (Å²) in [5.74, 6) is -0.789. The molecule has 0 unspecified atom stereocenters. The van der Waals surface area contributed by atoms with Crippen molar-refractivity contribution in [1.29, 1.82) is 0 Å². The van der Waals surface area contributed by atoms with Gasteiger partial charge in [0.15, 0.2) is 0 Å². The van der Waals surface area contributed by atoms with Crippen LogP contribution < -0.4 is 10.9 Å². The third kappa shape index (κ3) is 4.89. The van der Waals surface area contributed by atoms with Crippen molar-refractivity contribution in [2.24, 2.45) is 0 Å². The number of carbonyl (C=O) groups is 2. The minimum Gasteiger partial charge on any atom is -0.456 e. The number of nitrogens with one attached hydrogen (secondary N) is 1. The molecule has 0 saturated carbocycles. The third-order valence-electron chi connectivity index (χ3n) is 4.57. The van der Waals surface area contributed by atoms with Crippen LogP contribution in [-0.2, 0) is 17.8 Å². The number of hydrogen-bond donors (Lipinski definition) is 1. The maximum Gasteiger partial charge on any atom is 0.338 e. The lowest BCUT2D eigenvalue weighted by Gasteiger charge is -2.07. The standard InChI is InChI=1S/C23H20N4O4S/c1-2-6-19-26-27-20(28)13-18(25-23(27)32-19)14-31-22(30)16-9-11-17(12-10-16)24-21(29)15-7-4-3-5-8-15/h3-5,7-13H,2,6,14H2,1H3,(H,24,29). The molecule has 2 aromatic heterocycles.